The molecule has 0 aliphatic heterocycles. The van der Waals surface area contributed by atoms with Gasteiger partial charge in [0.15, 0.2) is 0 Å². The molecule has 1 aliphatic carbocycles. The van der Waals surface area contributed by atoms with Crippen molar-refractivity contribution in [1.82, 2.24) is 5.32 Å². The number of nitrogens with one attached hydrogen (secondary N) is 1. The Bertz CT molecular complexity index is 369. The Morgan fingerprint density at radius 1 is 1.35 bits per heavy atom. The molecule has 2 rings (SSSR count). The largest absolute Gasteiger partial charge is 0.383 e. The number of hydrogen-bond acceptors (Lipinski definition) is 2. The van der Waals surface area contributed by atoms with Crippen LogP contribution in [0.2, 0.25) is 0 Å². The van der Waals surface area contributed by atoms with Gasteiger partial charge in [0, 0.05) is 20.2 Å². The maximum atomic E-state index is 4.98. The molecule has 1 fully saturated rings. The van der Waals surface area contributed by atoms with Gasteiger partial charge in [-0.3, -0.25) is 0 Å². The first-order valence-electron chi connectivity index (χ1n) is 6.37. The summed E-state index contributed by atoms with van der Waals surface area (Å²) >= 11 is 0. The lowest BCUT2D eigenvalue weighted by Crippen LogP contribution is -2.18. The monoisotopic (exact) mass is 231 g/mol. The summed E-state index contributed by atoms with van der Waals surface area (Å²) in [5, 5.41) is 3.31. The molecule has 0 heterocycles. The molecule has 0 spiro atoms. The summed E-state index contributed by atoms with van der Waals surface area (Å²) in [5.41, 5.74) is 2.89. The number of hydrogen-bond donors (Lipinski definition) is 1. The van der Waals surface area contributed by atoms with Gasteiger partial charge in [-0.25, -0.2) is 0 Å². The summed E-state index contributed by atoms with van der Waals surface area (Å²) in [7, 11) is 1.73. The summed E-state index contributed by atoms with van der Waals surface area (Å²) in [6, 6.07) is 8.72. The van der Waals surface area contributed by atoms with E-state index in [1.807, 2.05) is 0 Å². The second-order valence-electron chi connectivity index (χ2n) is 4.50. The van der Waals surface area contributed by atoms with E-state index in [9.17, 15) is 0 Å². The van der Waals surface area contributed by atoms with E-state index in [1.54, 1.807) is 7.11 Å². The molecule has 1 N–H and O–H groups in total. The molecule has 2 heteroatoms. The van der Waals surface area contributed by atoms with Gasteiger partial charge in [-0.1, -0.05) is 36.4 Å². The highest BCUT2D eigenvalue weighted by atomic mass is 16.5. The standard InChI is InChI=1S/C15H21NO/c1-17-12-11-16-10-4-6-13-5-2-3-7-15(13)14-8-9-14/h2-7,14,16H,8-12H2,1H3. The molecule has 0 bridgehead atoms. The summed E-state index contributed by atoms with van der Waals surface area (Å²) in [4.78, 5) is 0. The van der Waals surface area contributed by atoms with Crippen LogP contribution in [0.25, 0.3) is 6.08 Å². The van der Waals surface area contributed by atoms with Crippen LogP contribution >= 0.6 is 0 Å². The fraction of sp³-hybridized carbons (Fsp3) is 0.467. The molecule has 0 amide bonds. The van der Waals surface area contributed by atoms with Gasteiger partial charge in [0.05, 0.1) is 6.61 Å². The summed E-state index contributed by atoms with van der Waals surface area (Å²) in [5.74, 6) is 0.817. The highest BCUT2D eigenvalue weighted by Gasteiger charge is 2.24. The van der Waals surface area contributed by atoms with Crippen LogP contribution in [0.3, 0.4) is 0 Å². The van der Waals surface area contributed by atoms with E-state index in [2.05, 4.69) is 41.7 Å². The normalized spacial score (nSPS) is 15.6. The van der Waals surface area contributed by atoms with E-state index < -0.39 is 0 Å². The zero-order chi connectivity index (χ0) is 11.9. The van der Waals surface area contributed by atoms with E-state index in [4.69, 9.17) is 4.74 Å². The number of ether oxygens (including phenoxy) is 1. The van der Waals surface area contributed by atoms with Crippen molar-refractivity contribution in [2.45, 2.75) is 18.8 Å². The Morgan fingerprint density at radius 2 is 2.18 bits per heavy atom. The molecule has 1 saturated carbocycles. The average Bonchev–Trinajstić information content (AvgIpc) is 3.18. The van der Waals surface area contributed by atoms with E-state index in [-0.39, 0.29) is 0 Å². The number of methoxy groups -OCH3 is 1. The smallest absolute Gasteiger partial charge is 0.0587 e. The van der Waals surface area contributed by atoms with Crippen molar-refractivity contribution < 1.29 is 4.74 Å². The highest BCUT2D eigenvalue weighted by Crippen LogP contribution is 2.41. The molecule has 17 heavy (non-hydrogen) atoms. The molecule has 0 radical (unpaired) electrons. The van der Waals surface area contributed by atoms with Crippen molar-refractivity contribution in [3.05, 3.63) is 41.5 Å². The van der Waals surface area contributed by atoms with Gasteiger partial charge in [-0.15, -0.1) is 0 Å². The average molecular weight is 231 g/mol. The fourth-order valence-electron chi connectivity index (χ4n) is 1.97. The minimum Gasteiger partial charge on any atom is -0.383 e. The van der Waals surface area contributed by atoms with E-state index in [1.165, 1.54) is 24.0 Å². The quantitative estimate of drug-likeness (QED) is 0.729. The van der Waals surface area contributed by atoms with Crippen molar-refractivity contribution in [3.63, 3.8) is 0 Å². The minimum absolute atomic E-state index is 0.770. The Balaban J connectivity index is 1.83. The number of rotatable bonds is 7. The van der Waals surface area contributed by atoms with Crippen LogP contribution in [0, 0.1) is 0 Å². The van der Waals surface area contributed by atoms with E-state index in [0.717, 1.165) is 25.6 Å². The van der Waals surface area contributed by atoms with Crippen molar-refractivity contribution >= 4 is 6.08 Å². The van der Waals surface area contributed by atoms with Gasteiger partial charge in [-0.2, -0.15) is 0 Å². The topological polar surface area (TPSA) is 21.3 Å². The summed E-state index contributed by atoms with van der Waals surface area (Å²) in [6.07, 6.45) is 7.14. The zero-order valence-corrected chi connectivity index (χ0v) is 10.5. The second kappa shape index (κ2) is 6.58. The zero-order valence-electron chi connectivity index (χ0n) is 10.5. The maximum absolute atomic E-state index is 4.98. The van der Waals surface area contributed by atoms with E-state index in [0.29, 0.717) is 0 Å². The van der Waals surface area contributed by atoms with Gasteiger partial charge >= 0.3 is 0 Å². The van der Waals surface area contributed by atoms with Crippen molar-refractivity contribution in [2.24, 2.45) is 0 Å². The van der Waals surface area contributed by atoms with Gasteiger partial charge in [0.1, 0.15) is 0 Å². The Kier molecular flexibility index (Phi) is 4.77. The lowest BCUT2D eigenvalue weighted by Gasteiger charge is -2.04. The van der Waals surface area contributed by atoms with Crippen LogP contribution in [0.5, 0.6) is 0 Å². The van der Waals surface area contributed by atoms with Crippen molar-refractivity contribution in [3.8, 4) is 0 Å². The van der Waals surface area contributed by atoms with E-state index >= 15 is 0 Å². The molecule has 0 unspecified atom stereocenters. The van der Waals surface area contributed by atoms with Crippen LogP contribution in [0.4, 0.5) is 0 Å². The SMILES string of the molecule is COCCNCC=Cc1ccccc1C1CC1. The third-order valence-electron chi connectivity index (χ3n) is 3.06. The lowest BCUT2D eigenvalue weighted by molar-refractivity contribution is 0.200. The third kappa shape index (κ3) is 3.99. The van der Waals surface area contributed by atoms with Crippen LogP contribution in [-0.2, 0) is 4.74 Å². The van der Waals surface area contributed by atoms with Crippen LogP contribution in [-0.4, -0.2) is 26.8 Å². The third-order valence-corrected chi connectivity index (χ3v) is 3.06. The summed E-state index contributed by atoms with van der Waals surface area (Å²) in [6.45, 7) is 2.58. The van der Waals surface area contributed by atoms with Crippen LogP contribution in [0.15, 0.2) is 30.3 Å². The van der Waals surface area contributed by atoms with Crippen molar-refractivity contribution in [1.29, 1.82) is 0 Å². The van der Waals surface area contributed by atoms with Gasteiger partial charge in [-0.05, 0) is 29.9 Å². The van der Waals surface area contributed by atoms with Crippen LogP contribution < -0.4 is 5.32 Å². The molecule has 0 aromatic heterocycles. The molecular formula is C15H21NO. The fourth-order valence-corrected chi connectivity index (χ4v) is 1.97. The van der Waals surface area contributed by atoms with Crippen LogP contribution in [0.1, 0.15) is 29.9 Å². The first-order valence-corrected chi connectivity index (χ1v) is 6.37. The predicted octanol–water partition coefficient (Wildman–Crippen LogP) is 2.81. The Morgan fingerprint density at radius 3 is 2.94 bits per heavy atom. The van der Waals surface area contributed by atoms with Crippen molar-refractivity contribution in [2.75, 3.05) is 26.8 Å². The first-order chi connectivity index (χ1) is 8.42. The second-order valence-corrected chi connectivity index (χ2v) is 4.50. The first kappa shape index (κ1) is 12.3. The molecule has 1 aliphatic rings. The molecule has 1 aromatic rings. The molecule has 92 valence electrons. The Hall–Kier alpha value is -1.12. The highest BCUT2D eigenvalue weighted by molar-refractivity contribution is 5.55. The number of benzene rings is 1. The molecule has 0 atom stereocenters. The summed E-state index contributed by atoms with van der Waals surface area (Å²) < 4.78 is 4.98. The van der Waals surface area contributed by atoms with Gasteiger partial charge < -0.3 is 10.1 Å². The van der Waals surface area contributed by atoms with Gasteiger partial charge in [0.25, 0.3) is 0 Å². The predicted molar refractivity (Wildman–Crippen MR) is 72.2 cm³/mol. The minimum atomic E-state index is 0.770. The molecular weight excluding hydrogens is 210 g/mol. The molecule has 0 saturated heterocycles. The van der Waals surface area contributed by atoms with Gasteiger partial charge in [0.2, 0.25) is 0 Å². The molecule has 1 aromatic carbocycles. The lowest BCUT2D eigenvalue weighted by atomic mass is 10.0. The maximum Gasteiger partial charge on any atom is 0.0587 e. The Labute approximate surface area is 104 Å². The molecule has 2 nitrogen and oxygen atoms in total.